The van der Waals surface area contributed by atoms with Crippen LogP contribution in [0, 0.1) is 13.8 Å². The highest BCUT2D eigenvalue weighted by molar-refractivity contribution is 5.42. The van der Waals surface area contributed by atoms with Crippen molar-refractivity contribution in [2.45, 2.75) is 20.4 Å². The van der Waals surface area contributed by atoms with Gasteiger partial charge in [-0.05, 0) is 31.0 Å². The zero-order valence-electron chi connectivity index (χ0n) is 7.26. The van der Waals surface area contributed by atoms with Crippen LogP contribution in [0.1, 0.15) is 16.7 Å². The van der Waals surface area contributed by atoms with Crippen molar-refractivity contribution in [1.82, 2.24) is 5.48 Å². The summed E-state index contributed by atoms with van der Waals surface area (Å²) in [6.07, 6.45) is 0. The van der Waals surface area contributed by atoms with Crippen molar-refractivity contribution in [2.24, 2.45) is 0 Å². The second-order valence-corrected chi connectivity index (χ2v) is 2.84. The Morgan fingerprint density at radius 1 is 1.33 bits per heavy atom. The van der Waals surface area contributed by atoms with E-state index in [0.717, 1.165) is 16.7 Å². The monoisotopic (exact) mass is 167 g/mol. The van der Waals surface area contributed by atoms with E-state index in [-0.39, 0.29) is 12.3 Å². The number of hydroxylamine groups is 1. The first-order valence-electron chi connectivity index (χ1n) is 3.82. The van der Waals surface area contributed by atoms with E-state index in [9.17, 15) is 5.11 Å². The zero-order chi connectivity index (χ0) is 9.14. The summed E-state index contributed by atoms with van der Waals surface area (Å²) < 4.78 is 0. The highest BCUT2D eigenvalue weighted by Crippen LogP contribution is 2.22. The number of phenolic OH excluding ortho intramolecular Hbond substituents is 1. The molecule has 0 aliphatic carbocycles. The van der Waals surface area contributed by atoms with Gasteiger partial charge in [0, 0.05) is 12.1 Å². The van der Waals surface area contributed by atoms with Gasteiger partial charge in [-0.15, -0.1) is 0 Å². The third-order valence-corrected chi connectivity index (χ3v) is 2.10. The molecule has 0 unspecified atom stereocenters. The molecule has 66 valence electrons. The highest BCUT2D eigenvalue weighted by Gasteiger charge is 2.05. The molecule has 0 heterocycles. The van der Waals surface area contributed by atoms with Crippen molar-refractivity contribution < 1.29 is 10.3 Å². The number of rotatable bonds is 2. The molecule has 0 amide bonds. The van der Waals surface area contributed by atoms with Gasteiger partial charge in [-0.3, -0.25) is 0 Å². The molecular weight excluding hydrogens is 154 g/mol. The molecule has 0 bridgehead atoms. The van der Waals surface area contributed by atoms with Gasteiger partial charge in [0.25, 0.3) is 0 Å². The van der Waals surface area contributed by atoms with Crippen LogP contribution in [0.2, 0.25) is 0 Å². The molecule has 3 heteroatoms. The lowest BCUT2D eigenvalue weighted by atomic mass is 10.0. The lowest BCUT2D eigenvalue weighted by Crippen LogP contribution is -2.08. The molecule has 0 aliphatic heterocycles. The Kier molecular flexibility index (Phi) is 2.68. The Balaban J connectivity index is 3.14. The lowest BCUT2D eigenvalue weighted by molar-refractivity contribution is 0.160. The molecule has 0 aromatic heterocycles. The Morgan fingerprint density at radius 2 is 2.00 bits per heavy atom. The van der Waals surface area contributed by atoms with Crippen molar-refractivity contribution in [3.8, 4) is 5.75 Å². The minimum absolute atomic E-state index is 0.222. The minimum atomic E-state index is 0.222. The van der Waals surface area contributed by atoms with E-state index in [0.29, 0.717) is 0 Å². The second kappa shape index (κ2) is 3.56. The van der Waals surface area contributed by atoms with Crippen LogP contribution in [0.4, 0.5) is 0 Å². The fourth-order valence-electron chi connectivity index (χ4n) is 1.16. The van der Waals surface area contributed by atoms with Gasteiger partial charge in [0.15, 0.2) is 0 Å². The fraction of sp³-hybridized carbons (Fsp3) is 0.333. The van der Waals surface area contributed by atoms with Gasteiger partial charge in [-0.1, -0.05) is 6.07 Å². The fourth-order valence-corrected chi connectivity index (χ4v) is 1.16. The van der Waals surface area contributed by atoms with E-state index in [1.54, 1.807) is 6.07 Å². The summed E-state index contributed by atoms with van der Waals surface area (Å²) in [5, 5.41) is 17.9. The maximum absolute atomic E-state index is 9.40. The molecule has 3 N–H and O–H groups in total. The first-order valence-corrected chi connectivity index (χ1v) is 3.82. The van der Waals surface area contributed by atoms with Crippen molar-refractivity contribution in [1.29, 1.82) is 0 Å². The summed E-state index contributed by atoms with van der Waals surface area (Å²) in [7, 11) is 0. The van der Waals surface area contributed by atoms with Gasteiger partial charge in [0.2, 0.25) is 0 Å². The summed E-state index contributed by atoms with van der Waals surface area (Å²) in [4.78, 5) is 0. The van der Waals surface area contributed by atoms with Crippen LogP contribution in [0.25, 0.3) is 0 Å². The van der Waals surface area contributed by atoms with Gasteiger partial charge in [0.05, 0.1) is 0 Å². The molecule has 0 aliphatic rings. The Morgan fingerprint density at radius 3 is 2.58 bits per heavy atom. The topological polar surface area (TPSA) is 52.5 Å². The van der Waals surface area contributed by atoms with Crippen LogP contribution >= 0.6 is 0 Å². The number of hydrogen-bond acceptors (Lipinski definition) is 3. The third-order valence-electron chi connectivity index (χ3n) is 2.10. The Hall–Kier alpha value is -1.06. The maximum atomic E-state index is 9.40. The average Bonchev–Trinajstić information content (AvgIpc) is 2.06. The van der Waals surface area contributed by atoms with Gasteiger partial charge in [-0.2, -0.15) is 0 Å². The van der Waals surface area contributed by atoms with Crippen LogP contribution < -0.4 is 5.48 Å². The number of hydrogen-bond donors (Lipinski definition) is 3. The van der Waals surface area contributed by atoms with Gasteiger partial charge < -0.3 is 10.3 Å². The van der Waals surface area contributed by atoms with Crippen LogP contribution in [0.15, 0.2) is 12.1 Å². The first-order chi connectivity index (χ1) is 5.66. The Labute approximate surface area is 71.6 Å². The number of nitrogens with one attached hydrogen (secondary N) is 1. The third kappa shape index (κ3) is 1.57. The predicted molar refractivity (Wildman–Crippen MR) is 46.2 cm³/mol. The summed E-state index contributed by atoms with van der Waals surface area (Å²) in [6, 6.07) is 3.49. The number of aromatic hydroxyl groups is 1. The van der Waals surface area contributed by atoms with E-state index in [1.807, 2.05) is 25.4 Å². The van der Waals surface area contributed by atoms with Crippen LogP contribution in [0.5, 0.6) is 5.75 Å². The van der Waals surface area contributed by atoms with Crippen molar-refractivity contribution >= 4 is 0 Å². The normalized spacial score (nSPS) is 10.2. The maximum Gasteiger partial charge on any atom is 0.120 e. The van der Waals surface area contributed by atoms with E-state index in [4.69, 9.17) is 5.21 Å². The van der Waals surface area contributed by atoms with Crippen LogP contribution in [-0.4, -0.2) is 10.3 Å². The molecule has 3 nitrogen and oxygen atoms in total. The smallest absolute Gasteiger partial charge is 0.120 e. The molecule has 12 heavy (non-hydrogen) atoms. The van der Waals surface area contributed by atoms with Crippen molar-refractivity contribution in [3.05, 3.63) is 28.8 Å². The molecule has 1 aromatic rings. The standard InChI is InChI=1S/C9H13NO2/c1-6-3-4-9(11)8(5-10-12)7(6)2/h3-4,10-12H,5H2,1-2H3. The number of aryl methyl sites for hydroxylation is 1. The summed E-state index contributed by atoms with van der Waals surface area (Å²) in [6.45, 7) is 4.16. The van der Waals surface area contributed by atoms with Crippen LogP contribution in [-0.2, 0) is 6.54 Å². The quantitative estimate of drug-likeness (QED) is 0.585. The zero-order valence-corrected chi connectivity index (χ0v) is 7.26. The van der Waals surface area contributed by atoms with E-state index in [1.165, 1.54) is 0 Å². The summed E-state index contributed by atoms with van der Waals surface area (Å²) >= 11 is 0. The van der Waals surface area contributed by atoms with Crippen molar-refractivity contribution in [3.63, 3.8) is 0 Å². The molecule has 1 rings (SSSR count). The molecular formula is C9H13NO2. The molecule has 1 aromatic carbocycles. The molecule has 0 saturated heterocycles. The molecule has 0 saturated carbocycles. The van der Waals surface area contributed by atoms with Gasteiger partial charge in [-0.25, -0.2) is 5.48 Å². The summed E-state index contributed by atoms with van der Waals surface area (Å²) in [5.74, 6) is 0.222. The number of benzene rings is 1. The largest absolute Gasteiger partial charge is 0.508 e. The summed E-state index contributed by atoms with van der Waals surface area (Å²) in [5.41, 5.74) is 4.90. The second-order valence-electron chi connectivity index (χ2n) is 2.84. The lowest BCUT2D eigenvalue weighted by Gasteiger charge is -2.09. The van der Waals surface area contributed by atoms with E-state index >= 15 is 0 Å². The SMILES string of the molecule is Cc1ccc(O)c(CNO)c1C. The highest BCUT2D eigenvalue weighted by atomic mass is 16.5. The first kappa shape index (κ1) is 9.03. The van der Waals surface area contributed by atoms with Crippen molar-refractivity contribution in [2.75, 3.05) is 0 Å². The molecule has 0 spiro atoms. The molecule has 0 fully saturated rings. The number of phenols is 1. The predicted octanol–water partition coefficient (Wildman–Crippen LogP) is 1.49. The van der Waals surface area contributed by atoms with Gasteiger partial charge >= 0.3 is 0 Å². The minimum Gasteiger partial charge on any atom is -0.508 e. The van der Waals surface area contributed by atoms with E-state index in [2.05, 4.69) is 0 Å². The average molecular weight is 167 g/mol. The van der Waals surface area contributed by atoms with Crippen LogP contribution in [0.3, 0.4) is 0 Å². The molecule has 0 atom stereocenters. The molecule has 0 radical (unpaired) electrons. The van der Waals surface area contributed by atoms with Gasteiger partial charge in [0.1, 0.15) is 5.75 Å². The van der Waals surface area contributed by atoms with E-state index < -0.39 is 0 Å². The Bertz CT molecular complexity index is 284.